The van der Waals surface area contributed by atoms with Gasteiger partial charge < -0.3 is 28.3 Å². The molecule has 0 amide bonds. The molecule has 8 nitrogen and oxygen atoms in total. The number of nitrogens with zero attached hydrogens (tertiary/aromatic N) is 2. The van der Waals surface area contributed by atoms with Crippen LogP contribution in [0.3, 0.4) is 0 Å². The van der Waals surface area contributed by atoms with Crippen molar-refractivity contribution in [3.05, 3.63) is 58.1 Å². The van der Waals surface area contributed by atoms with Crippen LogP contribution in [0.1, 0.15) is 28.1 Å². The van der Waals surface area contributed by atoms with E-state index in [1.165, 1.54) is 7.11 Å². The quantitative estimate of drug-likeness (QED) is 0.382. The van der Waals surface area contributed by atoms with Gasteiger partial charge in [-0.15, -0.1) is 0 Å². The van der Waals surface area contributed by atoms with Crippen LogP contribution in [0.15, 0.2) is 45.3 Å². The average molecular weight is 531 g/mol. The highest BCUT2D eigenvalue weighted by Gasteiger charge is 2.28. The topological polar surface area (TPSA) is 83.3 Å². The van der Waals surface area contributed by atoms with Gasteiger partial charge in [-0.05, 0) is 52.7 Å². The maximum Gasteiger partial charge on any atom is 0.267 e. The Morgan fingerprint density at radius 1 is 1.06 bits per heavy atom. The highest BCUT2D eigenvalue weighted by molar-refractivity contribution is 9.10. The van der Waals surface area contributed by atoms with Crippen molar-refractivity contribution in [3.63, 3.8) is 0 Å². The number of rotatable bonds is 8. The second-order valence-corrected chi connectivity index (χ2v) is 8.58. The summed E-state index contributed by atoms with van der Waals surface area (Å²) in [5.41, 5.74) is 3.06. The maximum absolute atomic E-state index is 13.3. The highest BCUT2D eigenvalue weighted by Crippen LogP contribution is 2.39. The summed E-state index contributed by atoms with van der Waals surface area (Å²) >= 11 is 3.47. The molecular formula is C25H27BrN2O6. The van der Waals surface area contributed by atoms with E-state index in [0.717, 1.165) is 24.3 Å². The van der Waals surface area contributed by atoms with Crippen LogP contribution in [0.4, 0.5) is 5.69 Å². The van der Waals surface area contributed by atoms with Gasteiger partial charge in [0.2, 0.25) is 0 Å². The van der Waals surface area contributed by atoms with Gasteiger partial charge in [0.05, 0.1) is 27.4 Å². The molecule has 180 valence electrons. The van der Waals surface area contributed by atoms with Gasteiger partial charge >= 0.3 is 0 Å². The minimum atomic E-state index is -0.835. The zero-order chi connectivity index (χ0) is 24.2. The van der Waals surface area contributed by atoms with E-state index in [-0.39, 0.29) is 11.7 Å². The number of halogens is 1. The average Bonchev–Trinajstić information content (AvgIpc) is 3.27. The molecule has 3 aromatic rings. The smallest absolute Gasteiger partial charge is 0.267 e. The van der Waals surface area contributed by atoms with E-state index >= 15 is 0 Å². The lowest BCUT2D eigenvalue weighted by atomic mass is 10.0. The lowest BCUT2D eigenvalue weighted by molar-refractivity contribution is 0.0568. The molecule has 2 heterocycles. The fourth-order valence-corrected chi connectivity index (χ4v) is 4.52. The number of methoxy groups -OCH3 is 3. The van der Waals surface area contributed by atoms with Crippen LogP contribution in [-0.4, -0.2) is 58.4 Å². The fourth-order valence-electron chi connectivity index (χ4n) is 3.96. The van der Waals surface area contributed by atoms with Crippen molar-refractivity contribution in [1.29, 1.82) is 0 Å². The monoisotopic (exact) mass is 530 g/mol. The third kappa shape index (κ3) is 4.82. The minimum Gasteiger partial charge on any atom is -0.495 e. The van der Waals surface area contributed by atoms with Crippen molar-refractivity contribution in [3.8, 4) is 22.8 Å². The molecule has 9 heteroatoms. The van der Waals surface area contributed by atoms with Gasteiger partial charge in [-0.3, -0.25) is 4.79 Å². The van der Waals surface area contributed by atoms with E-state index < -0.39 is 6.10 Å². The van der Waals surface area contributed by atoms with Gasteiger partial charge in [-0.25, -0.2) is 4.98 Å². The van der Waals surface area contributed by atoms with Gasteiger partial charge in [0.15, 0.2) is 6.10 Å². The molecule has 1 unspecified atom stereocenters. The van der Waals surface area contributed by atoms with Gasteiger partial charge in [-0.1, -0.05) is 12.1 Å². The Bertz CT molecular complexity index is 1130. The molecule has 0 spiro atoms. The second kappa shape index (κ2) is 10.6. The number of ether oxygens (including phenoxy) is 4. The summed E-state index contributed by atoms with van der Waals surface area (Å²) in [6.07, 6.45) is -0.835. The molecule has 4 rings (SSSR count). The van der Waals surface area contributed by atoms with Crippen LogP contribution in [0.2, 0.25) is 0 Å². The first-order valence-corrected chi connectivity index (χ1v) is 11.6. The summed E-state index contributed by atoms with van der Waals surface area (Å²) in [5, 5.41) is 0. The molecule has 0 saturated carbocycles. The normalized spacial score (nSPS) is 14.7. The molecule has 1 saturated heterocycles. The molecular weight excluding hydrogens is 504 g/mol. The first kappa shape index (κ1) is 24.3. The molecule has 1 fully saturated rings. The Balaban J connectivity index is 1.60. The van der Waals surface area contributed by atoms with Gasteiger partial charge in [-0.2, -0.15) is 0 Å². The number of aryl methyl sites for hydroxylation is 1. The lowest BCUT2D eigenvalue weighted by Crippen LogP contribution is -2.36. The zero-order valence-electron chi connectivity index (χ0n) is 19.6. The van der Waals surface area contributed by atoms with E-state index in [4.69, 9.17) is 23.4 Å². The number of ketones is 1. The summed E-state index contributed by atoms with van der Waals surface area (Å²) in [7, 11) is 4.64. The number of carbonyl (C=O) groups excluding carboxylic acids is 1. The van der Waals surface area contributed by atoms with E-state index in [0.29, 0.717) is 46.2 Å². The summed E-state index contributed by atoms with van der Waals surface area (Å²) < 4.78 is 28.3. The van der Waals surface area contributed by atoms with Crippen molar-refractivity contribution in [1.82, 2.24) is 4.98 Å². The number of hydrogen-bond acceptors (Lipinski definition) is 8. The molecule has 1 aliphatic heterocycles. The summed E-state index contributed by atoms with van der Waals surface area (Å²) in [6, 6.07) is 11.4. The Hall–Kier alpha value is -2.88. The summed E-state index contributed by atoms with van der Waals surface area (Å²) in [5.74, 6) is 1.30. The molecule has 0 bridgehead atoms. The number of carbonyl (C=O) groups is 1. The van der Waals surface area contributed by atoms with Gasteiger partial charge in [0.25, 0.3) is 11.7 Å². The number of Topliss-reactive ketones (excluding diaryl/α,β-unsaturated/α-hetero) is 1. The molecule has 1 aliphatic rings. The Labute approximate surface area is 206 Å². The van der Waals surface area contributed by atoms with Crippen molar-refractivity contribution in [2.75, 3.05) is 52.5 Å². The van der Waals surface area contributed by atoms with E-state index in [2.05, 4.69) is 25.8 Å². The number of anilines is 1. The van der Waals surface area contributed by atoms with E-state index in [1.54, 1.807) is 21.1 Å². The third-order valence-electron chi connectivity index (χ3n) is 5.77. The number of benzene rings is 2. The zero-order valence-corrected chi connectivity index (χ0v) is 21.2. The van der Waals surface area contributed by atoms with Crippen LogP contribution in [0, 0.1) is 6.92 Å². The van der Waals surface area contributed by atoms with Gasteiger partial charge in [0.1, 0.15) is 27.4 Å². The minimum absolute atomic E-state index is 0.0162. The van der Waals surface area contributed by atoms with Crippen molar-refractivity contribution >= 4 is 27.4 Å². The summed E-state index contributed by atoms with van der Waals surface area (Å²) in [6.45, 7) is 4.87. The number of oxazole rings is 1. The van der Waals surface area contributed by atoms with Crippen LogP contribution >= 0.6 is 15.9 Å². The molecule has 2 aromatic carbocycles. The molecule has 34 heavy (non-hydrogen) atoms. The van der Waals surface area contributed by atoms with Crippen LogP contribution < -0.4 is 14.4 Å². The first-order valence-electron chi connectivity index (χ1n) is 10.9. The predicted molar refractivity (Wildman–Crippen MR) is 131 cm³/mol. The Kier molecular flexibility index (Phi) is 7.55. The Morgan fingerprint density at radius 2 is 1.68 bits per heavy atom. The van der Waals surface area contributed by atoms with E-state index in [1.807, 2.05) is 36.4 Å². The van der Waals surface area contributed by atoms with Crippen molar-refractivity contribution < 1.29 is 28.2 Å². The predicted octanol–water partition coefficient (Wildman–Crippen LogP) is 4.84. The second-order valence-electron chi connectivity index (χ2n) is 7.79. The lowest BCUT2D eigenvalue weighted by Gasteiger charge is -2.29. The van der Waals surface area contributed by atoms with Gasteiger partial charge in [0, 0.05) is 31.5 Å². The third-order valence-corrected chi connectivity index (χ3v) is 6.55. The van der Waals surface area contributed by atoms with Crippen molar-refractivity contribution in [2.24, 2.45) is 0 Å². The largest absolute Gasteiger partial charge is 0.495 e. The molecule has 0 N–H and O–H groups in total. The fraction of sp³-hybridized carbons (Fsp3) is 0.360. The SMILES string of the molecule is COc1cc(-c2nc(C(=O)C(OC)c3ccc(N4CCOCC4)cc3)oc2C)cc(OC)c1Br. The molecule has 0 radical (unpaired) electrons. The van der Waals surface area contributed by atoms with Crippen LogP contribution in [0.25, 0.3) is 11.3 Å². The molecule has 1 aromatic heterocycles. The number of aromatic nitrogens is 1. The molecule has 0 aliphatic carbocycles. The van der Waals surface area contributed by atoms with E-state index in [9.17, 15) is 4.79 Å². The summed E-state index contributed by atoms with van der Waals surface area (Å²) in [4.78, 5) is 20.0. The molecule has 1 atom stereocenters. The van der Waals surface area contributed by atoms with Crippen molar-refractivity contribution in [2.45, 2.75) is 13.0 Å². The maximum atomic E-state index is 13.3. The van der Waals surface area contributed by atoms with Crippen LogP contribution in [0.5, 0.6) is 11.5 Å². The highest BCUT2D eigenvalue weighted by atomic mass is 79.9. The standard InChI is InChI=1S/C25H27BrN2O6/c1-15-22(17-13-19(30-2)21(26)20(14-17)31-3)27-25(34-15)23(29)24(32-4)16-5-7-18(8-6-16)28-9-11-33-12-10-28/h5-8,13-14,24H,9-12H2,1-4H3. The Morgan fingerprint density at radius 3 is 2.24 bits per heavy atom. The van der Waals surface area contributed by atoms with Crippen LogP contribution in [-0.2, 0) is 9.47 Å². The number of morpholine rings is 1. The number of hydrogen-bond donors (Lipinski definition) is 0. The first-order chi connectivity index (χ1) is 16.5.